The maximum absolute atomic E-state index is 12.9. The van der Waals surface area contributed by atoms with Gasteiger partial charge in [0.15, 0.2) is 17.1 Å². The molecule has 0 amide bonds. The van der Waals surface area contributed by atoms with Gasteiger partial charge in [-0.15, -0.1) is 13.2 Å². The number of carboxylic acid groups (broad SMARTS) is 1. The van der Waals surface area contributed by atoms with Gasteiger partial charge in [-0.2, -0.15) is 18.3 Å². The zero-order valence-corrected chi connectivity index (χ0v) is 18.0. The maximum atomic E-state index is 12.9. The molecule has 2 aromatic carbocycles. The van der Waals surface area contributed by atoms with Crippen LogP contribution in [0.5, 0.6) is 11.5 Å². The highest BCUT2D eigenvalue weighted by molar-refractivity contribution is 5.77. The van der Waals surface area contributed by atoms with Crippen LogP contribution in [0.4, 0.5) is 26.3 Å². The van der Waals surface area contributed by atoms with E-state index in [4.69, 9.17) is 9.84 Å². The van der Waals surface area contributed by atoms with Crippen molar-refractivity contribution >= 4 is 5.97 Å². The first-order valence-electron chi connectivity index (χ1n) is 9.70. The van der Waals surface area contributed by atoms with Crippen molar-refractivity contribution in [1.29, 1.82) is 0 Å². The number of ether oxygens (including phenoxy) is 2. The Hall–Kier alpha value is -3.97. The Balaban J connectivity index is 1.90. The molecule has 0 saturated carbocycles. The van der Waals surface area contributed by atoms with Crippen LogP contribution in [-0.4, -0.2) is 37.4 Å². The van der Waals surface area contributed by atoms with Crippen LogP contribution in [-0.2, 0) is 17.5 Å². The summed E-state index contributed by atoms with van der Waals surface area (Å²) in [6, 6.07) is 6.96. The van der Waals surface area contributed by atoms with Crippen molar-refractivity contribution in [3.05, 3.63) is 70.4 Å². The van der Waals surface area contributed by atoms with Gasteiger partial charge in [0, 0.05) is 0 Å². The average molecular weight is 505 g/mol. The summed E-state index contributed by atoms with van der Waals surface area (Å²) in [7, 11) is 0. The fraction of sp³-hybridized carbons (Fsp3) is 0.286. The quantitative estimate of drug-likeness (QED) is 0.483. The third-order valence-corrected chi connectivity index (χ3v) is 4.65. The Morgan fingerprint density at radius 3 is 2.14 bits per heavy atom. The highest BCUT2D eigenvalue weighted by Crippen LogP contribution is 2.35. The number of alkyl halides is 6. The third-order valence-electron chi connectivity index (χ3n) is 4.65. The lowest BCUT2D eigenvalue weighted by molar-refractivity contribution is -0.275. The van der Waals surface area contributed by atoms with Gasteiger partial charge in [0.1, 0.15) is 6.33 Å². The van der Waals surface area contributed by atoms with Gasteiger partial charge < -0.3 is 14.6 Å². The van der Waals surface area contributed by atoms with Crippen LogP contribution in [0.15, 0.2) is 53.6 Å². The van der Waals surface area contributed by atoms with E-state index in [9.17, 15) is 35.9 Å². The molecule has 0 aliphatic rings. The van der Waals surface area contributed by atoms with Gasteiger partial charge in [-0.3, -0.25) is 0 Å². The van der Waals surface area contributed by atoms with E-state index in [1.165, 1.54) is 6.07 Å². The van der Waals surface area contributed by atoms with Crippen molar-refractivity contribution in [3.8, 4) is 17.2 Å². The fourth-order valence-corrected chi connectivity index (χ4v) is 2.86. The predicted molar refractivity (Wildman–Crippen MR) is 107 cm³/mol. The SMILES string of the molecule is CC(C)(Oc1ccc(Cn2ncn(-c3ccc(C(F)(F)F)cc3)c2=O)cc1OC(F)(F)F)C(=O)O. The van der Waals surface area contributed by atoms with Gasteiger partial charge in [0.2, 0.25) is 0 Å². The van der Waals surface area contributed by atoms with Crippen molar-refractivity contribution in [2.75, 3.05) is 0 Å². The first-order chi connectivity index (χ1) is 16.1. The van der Waals surface area contributed by atoms with Crippen LogP contribution >= 0.6 is 0 Å². The molecule has 3 aromatic rings. The number of rotatable bonds is 7. The molecule has 0 fully saturated rings. The molecule has 1 N–H and O–H groups in total. The first-order valence-corrected chi connectivity index (χ1v) is 9.70. The Labute approximate surface area is 192 Å². The fourth-order valence-electron chi connectivity index (χ4n) is 2.86. The molecule has 3 rings (SSSR count). The molecule has 14 heteroatoms. The second-order valence-electron chi connectivity index (χ2n) is 7.73. The summed E-state index contributed by atoms with van der Waals surface area (Å²) in [5, 5.41) is 13.0. The molecule has 0 atom stereocenters. The second kappa shape index (κ2) is 9.00. The first kappa shape index (κ1) is 25.6. The van der Waals surface area contributed by atoms with Crippen LogP contribution in [0.2, 0.25) is 0 Å². The summed E-state index contributed by atoms with van der Waals surface area (Å²) < 4.78 is 87.8. The predicted octanol–water partition coefficient (Wildman–Crippen LogP) is 4.24. The summed E-state index contributed by atoms with van der Waals surface area (Å²) in [5.74, 6) is -2.76. The van der Waals surface area contributed by atoms with Crippen molar-refractivity contribution in [2.24, 2.45) is 0 Å². The number of nitrogens with zero attached hydrogens (tertiary/aromatic N) is 3. The lowest BCUT2D eigenvalue weighted by atomic mass is 10.1. The molecule has 188 valence electrons. The van der Waals surface area contributed by atoms with Crippen LogP contribution in [0.25, 0.3) is 5.69 Å². The Bertz CT molecular complexity index is 1280. The van der Waals surface area contributed by atoms with Gasteiger partial charge in [-0.25, -0.2) is 18.8 Å². The summed E-state index contributed by atoms with van der Waals surface area (Å²) >= 11 is 0. The summed E-state index contributed by atoms with van der Waals surface area (Å²) in [4.78, 5) is 23.9. The smallest absolute Gasteiger partial charge is 0.478 e. The molecular formula is C21H17F6N3O5. The zero-order valence-electron chi connectivity index (χ0n) is 18.0. The van der Waals surface area contributed by atoms with E-state index in [1.54, 1.807) is 0 Å². The molecule has 0 spiro atoms. The minimum Gasteiger partial charge on any atom is -0.478 e. The molecule has 0 saturated heterocycles. The Morgan fingerprint density at radius 2 is 1.60 bits per heavy atom. The van der Waals surface area contributed by atoms with Gasteiger partial charge in [-0.1, -0.05) is 6.07 Å². The van der Waals surface area contributed by atoms with Crippen molar-refractivity contribution in [2.45, 2.75) is 38.5 Å². The van der Waals surface area contributed by atoms with E-state index in [1.807, 2.05) is 0 Å². The maximum Gasteiger partial charge on any atom is 0.573 e. The molecule has 0 radical (unpaired) electrons. The lowest BCUT2D eigenvalue weighted by Gasteiger charge is -2.23. The average Bonchev–Trinajstić information content (AvgIpc) is 3.08. The van der Waals surface area contributed by atoms with E-state index in [-0.39, 0.29) is 17.8 Å². The molecule has 0 aliphatic heterocycles. The lowest BCUT2D eigenvalue weighted by Crippen LogP contribution is -2.38. The molecule has 0 unspecified atom stereocenters. The van der Waals surface area contributed by atoms with Gasteiger partial charge in [0.25, 0.3) is 0 Å². The molecule has 1 aromatic heterocycles. The number of carboxylic acids is 1. The van der Waals surface area contributed by atoms with Gasteiger partial charge >= 0.3 is 24.2 Å². The second-order valence-corrected chi connectivity index (χ2v) is 7.73. The van der Waals surface area contributed by atoms with Crippen molar-refractivity contribution in [3.63, 3.8) is 0 Å². The van der Waals surface area contributed by atoms with Crippen LogP contribution in [0.3, 0.4) is 0 Å². The number of halogens is 6. The highest BCUT2D eigenvalue weighted by atomic mass is 19.4. The topological polar surface area (TPSA) is 95.6 Å². The molecule has 0 aliphatic carbocycles. The molecule has 1 heterocycles. The molecular weight excluding hydrogens is 488 g/mol. The van der Waals surface area contributed by atoms with Gasteiger partial charge in [0.05, 0.1) is 17.8 Å². The number of hydrogen-bond acceptors (Lipinski definition) is 5. The standard InChI is InChI=1S/C21H17F6N3O5/c1-19(2,17(31)32)34-15-8-3-12(9-16(15)35-21(25,26)27)10-30-18(33)29(11-28-30)14-6-4-13(5-7-14)20(22,23)24/h3-9,11H,10H2,1-2H3,(H,31,32). The zero-order chi connectivity index (χ0) is 26.2. The minimum absolute atomic E-state index is 0.0926. The largest absolute Gasteiger partial charge is 0.573 e. The monoisotopic (exact) mass is 505 g/mol. The number of aliphatic carboxylic acids is 1. The molecule has 8 nitrogen and oxygen atoms in total. The van der Waals surface area contributed by atoms with E-state index < -0.39 is 46.9 Å². The highest BCUT2D eigenvalue weighted by Gasteiger charge is 2.35. The molecule has 0 bridgehead atoms. The Morgan fingerprint density at radius 1 is 0.971 bits per heavy atom. The van der Waals surface area contributed by atoms with E-state index in [0.717, 1.165) is 65.8 Å². The van der Waals surface area contributed by atoms with Crippen molar-refractivity contribution < 1.29 is 45.7 Å². The van der Waals surface area contributed by atoms with Gasteiger partial charge in [-0.05, 0) is 55.8 Å². The molecule has 35 heavy (non-hydrogen) atoms. The number of aromatic nitrogens is 3. The van der Waals surface area contributed by atoms with Crippen LogP contribution in [0, 0.1) is 0 Å². The van der Waals surface area contributed by atoms with Crippen LogP contribution < -0.4 is 15.2 Å². The number of benzene rings is 2. The summed E-state index contributed by atoms with van der Waals surface area (Å²) in [6.45, 7) is 1.94. The van der Waals surface area contributed by atoms with Crippen LogP contribution in [0.1, 0.15) is 25.0 Å². The summed E-state index contributed by atoms with van der Waals surface area (Å²) in [6.07, 6.45) is -8.63. The third kappa shape index (κ3) is 6.13. The van der Waals surface area contributed by atoms with E-state index >= 15 is 0 Å². The number of carbonyl (C=O) groups is 1. The van der Waals surface area contributed by atoms with E-state index in [0.29, 0.717) is 0 Å². The van der Waals surface area contributed by atoms with Crippen molar-refractivity contribution in [1.82, 2.24) is 14.3 Å². The summed E-state index contributed by atoms with van der Waals surface area (Å²) in [5.41, 5.74) is -3.34. The normalized spacial score (nSPS) is 12.5. The van der Waals surface area contributed by atoms with E-state index in [2.05, 4.69) is 9.84 Å². The minimum atomic E-state index is -5.12. The Kier molecular flexibility index (Phi) is 6.59. The number of hydrogen-bond donors (Lipinski definition) is 1.